The van der Waals surface area contributed by atoms with Crippen LogP contribution in [0.15, 0.2) is 54.6 Å². The zero-order chi connectivity index (χ0) is 20.6. The Morgan fingerprint density at radius 3 is 2.31 bits per heavy atom. The Kier molecular flexibility index (Phi) is 7.19. The first-order valence-electron chi connectivity index (χ1n) is 9.90. The lowest BCUT2D eigenvalue weighted by atomic mass is 10.1. The average molecular weight is 398 g/mol. The van der Waals surface area contributed by atoms with Gasteiger partial charge in [-0.2, -0.15) is 0 Å². The predicted octanol–water partition coefficient (Wildman–Crippen LogP) is 1.94. The maximum Gasteiger partial charge on any atom is 0.309 e. The van der Waals surface area contributed by atoms with Crippen LogP contribution in [0.1, 0.15) is 18.5 Å². The van der Waals surface area contributed by atoms with Crippen molar-refractivity contribution in [2.75, 3.05) is 44.2 Å². The van der Waals surface area contributed by atoms with E-state index in [2.05, 4.69) is 15.5 Å². The van der Waals surface area contributed by atoms with E-state index in [0.29, 0.717) is 18.8 Å². The molecule has 7 heteroatoms. The number of carbonyl (C=O) groups is 2. The molecule has 0 aliphatic carbocycles. The molecule has 154 valence electrons. The first-order valence-corrected chi connectivity index (χ1v) is 9.90. The molecule has 1 aliphatic rings. The van der Waals surface area contributed by atoms with Crippen molar-refractivity contribution in [2.24, 2.45) is 0 Å². The van der Waals surface area contributed by atoms with E-state index in [1.165, 1.54) is 6.07 Å². The molecule has 0 saturated carbocycles. The number of nitrogens with zero attached hydrogens (tertiary/aromatic N) is 2. The molecule has 3 rings (SSSR count). The van der Waals surface area contributed by atoms with Crippen LogP contribution in [0.4, 0.5) is 10.1 Å². The van der Waals surface area contributed by atoms with Crippen molar-refractivity contribution in [1.29, 1.82) is 0 Å². The fraction of sp³-hybridized carbons (Fsp3) is 0.364. The molecule has 1 unspecified atom stereocenters. The first kappa shape index (κ1) is 20.8. The van der Waals surface area contributed by atoms with Gasteiger partial charge in [0, 0.05) is 39.3 Å². The number of hydrogen-bond donors (Lipinski definition) is 2. The molecule has 0 radical (unpaired) electrons. The molecule has 0 aromatic heterocycles. The minimum atomic E-state index is -0.634. The minimum Gasteiger partial charge on any atom is -0.367 e. The van der Waals surface area contributed by atoms with Crippen LogP contribution in [-0.4, -0.2) is 56.0 Å². The van der Waals surface area contributed by atoms with Crippen LogP contribution in [0, 0.1) is 5.82 Å². The summed E-state index contributed by atoms with van der Waals surface area (Å²) in [5.41, 5.74) is 1.58. The highest BCUT2D eigenvalue weighted by atomic mass is 19.1. The summed E-state index contributed by atoms with van der Waals surface area (Å²) in [5.74, 6) is -1.47. The molecule has 2 amide bonds. The summed E-state index contributed by atoms with van der Waals surface area (Å²) in [6, 6.07) is 16.1. The van der Waals surface area contributed by atoms with Gasteiger partial charge in [0.1, 0.15) is 5.82 Å². The van der Waals surface area contributed by atoms with Crippen molar-refractivity contribution >= 4 is 17.5 Å². The Morgan fingerprint density at radius 2 is 1.62 bits per heavy atom. The van der Waals surface area contributed by atoms with Crippen molar-refractivity contribution in [2.45, 2.75) is 13.0 Å². The third-order valence-corrected chi connectivity index (χ3v) is 5.13. The second kappa shape index (κ2) is 10.0. The van der Waals surface area contributed by atoms with E-state index in [1.807, 2.05) is 48.2 Å². The van der Waals surface area contributed by atoms with E-state index in [0.717, 1.165) is 31.7 Å². The monoisotopic (exact) mass is 398 g/mol. The third-order valence-electron chi connectivity index (χ3n) is 5.13. The maximum atomic E-state index is 13.9. The van der Waals surface area contributed by atoms with Gasteiger partial charge in [0.2, 0.25) is 0 Å². The summed E-state index contributed by atoms with van der Waals surface area (Å²) in [6.07, 6.45) is 0. The van der Waals surface area contributed by atoms with E-state index in [9.17, 15) is 14.0 Å². The molecule has 1 atom stereocenters. The maximum absolute atomic E-state index is 13.9. The highest BCUT2D eigenvalue weighted by molar-refractivity contribution is 6.35. The first-order chi connectivity index (χ1) is 14.0. The molecule has 2 aromatic rings. The van der Waals surface area contributed by atoms with Crippen molar-refractivity contribution in [3.8, 4) is 0 Å². The number of carbonyl (C=O) groups excluding carboxylic acids is 2. The summed E-state index contributed by atoms with van der Waals surface area (Å²) in [4.78, 5) is 28.3. The fourth-order valence-electron chi connectivity index (χ4n) is 3.42. The van der Waals surface area contributed by atoms with E-state index < -0.39 is 11.8 Å². The molecule has 2 N–H and O–H groups in total. The fourth-order valence-corrected chi connectivity index (χ4v) is 3.42. The van der Waals surface area contributed by atoms with E-state index in [-0.39, 0.29) is 11.9 Å². The lowest BCUT2D eigenvalue weighted by Gasteiger charge is -2.36. The zero-order valence-electron chi connectivity index (χ0n) is 16.6. The molecule has 1 heterocycles. The van der Waals surface area contributed by atoms with E-state index in [1.54, 1.807) is 12.1 Å². The molecule has 1 aliphatic heterocycles. The van der Waals surface area contributed by atoms with Crippen LogP contribution in [0.3, 0.4) is 0 Å². The smallest absolute Gasteiger partial charge is 0.309 e. The molecule has 0 bridgehead atoms. The summed E-state index contributed by atoms with van der Waals surface area (Å²) in [6.45, 7) is 5.90. The second-order valence-corrected chi connectivity index (χ2v) is 7.14. The van der Waals surface area contributed by atoms with E-state index in [4.69, 9.17) is 0 Å². The number of amides is 2. The SMILES string of the molecule is CC(NC(=O)C(=O)NCCN1CCN(c2ccccc2F)CC1)c1ccccc1. The average Bonchev–Trinajstić information content (AvgIpc) is 2.75. The second-order valence-electron chi connectivity index (χ2n) is 7.14. The van der Waals surface area contributed by atoms with Gasteiger partial charge in [-0.3, -0.25) is 14.5 Å². The molecule has 29 heavy (non-hydrogen) atoms. The topological polar surface area (TPSA) is 64.7 Å². The Morgan fingerprint density at radius 1 is 0.966 bits per heavy atom. The van der Waals surface area contributed by atoms with Gasteiger partial charge in [-0.25, -0.2) is 4.39 Å². The van der Waals surface area contributed by atoms with Gasteiger partial charge in [0.15, 0.2) is 0 Å². The quantitative estimate of drug-likeness (QED) is 0.730. The van der Waals surface area contributed by atoms with Crippen molar-refractivity contribution in [1.82, 2.24) is 15.5 Å². The van der Waals surface area contributed by atoms with Gasteiger partial charge in [-0.05, 0) is 24.6 Å². The zero-order valence-corrected chi connectivity index (χ0v) is 16.6. The van der Waals surface area contributed by atoms with Crippen molar-refractivity contribution < 1.29 is 14.0 Å². The van der Waals surface area contributed by atoms with Gasteiger partial charge < -0.3 is 15.5 Å². The van der Waals surface area contributed by atoms with Crippen LogP contribution >= 0.6 is 0 Å². The molecule has 0 spiro atoms. The minimum absolute atomic E-state index is 0.205. The summed E-state index contributed by atoms with van der Waals surface area (Å²) >= 11 is 0. The number of para-hydroxylation sites is 1. The normalized spacial score (nSPS) is 15.6. The van der Waals surface area contributed by atoms with Crippen molar-refractivity contribution in [3.63, 3.8) is 0 Å². The molecular formula is C22H27FN4O2. The van der Waals surface area contributed by atoms with Crippen LogP contribution < -0.4 is 15.5 Å². The van der Waals surface area contributed by atoms with Crippen LogP contribution in [-0.2, 0) is 9.59 Å². The van der Waals surface area contributed by atoms with Gasteiger partial charge in [-0.15, -0.1) is 0 Å². The highest BCUT2D eigenvalue weighted by Gasteiger charge is 2.20. The largest absolute Gasteiger partial charge is 0.367 e. The Labute approximate surface area is 170 Å². The number of benzene rings is 2. The number of rotatable bonds is 6. The number of anilines is 1. The molecule has 6 nitrogen and oxygen atoms in total. The van der Waals surface area contributed by atoms with Gasteiger partial charge in [-0.1, -0.05) is 42.5 Å². The number of hydrogen-bond acceptors (Lipinski definition) is 4. The summed E-state index contributed by atoms with van der Waals surface area (Å²) in [7, 11) is 0. The molecule has 1 fully saturated rings. The van der Waals surface area contributed by atoms with Crippen molar-refractivity contribution in [3.05, 3.63) is 66.0 Å². The van der Waals surface area contributed by atoms with Gasteiger partial charge in [0.05, 0.1) is 11.7 Å². The Balaban J connectivity index is 1.36. The van der Waals surface area contributed by atoms with Crippen LogP contribution in [0.25, 0.3) is 0 Å². The van der Waals surface area contributed by atoms with Gasteiger partial charge >= 0.3 is 11.8 Å². The molecular weight excluding hydrogens is 371 g/mol. The number of piperazine rings is 1. The number of halogens is 1. The van der Waals surface area contributed by atoms with Crippen LogP contribution in [0.5, 0.6) is 0 Å². The summed E-state index contributed by atoms with van der Waals surface area (Å²) in [5, 5.41) is 5.38. The predicted molar refractivity (Wildman–Crippen MR) is 111 cm³/mol. The Hall–Kier alpha value is -2.93. The third kappa shape index (κ3) is 5.77. The Bertz CT molecular complexity index is 823. The lowest BCUT2D eigenvalue weighted by molar-refractivity contribution is -0.139. The molecule has 1 saturated heterocycles. The standard InChI is InChI=1S/C22H27FN4O2/c1-17(18-7-3-2-4-8-18)25-22(29)21(28)24-11-12-26-13-15-27(16-14-26)20-10-6-5-9-19(20)23/h2-10,17H,11-16H2,1H3,(H,24,28)(H,25,29). The van der Waals surface area contributed by atoms with Gasteiger partial charge in [0.25, 0.3) is 0 Å². The lowest BCUT2D eigenvalue weighted by Crippen LogP contribution is -2.49. The van der Waals surface area contributed by atoms with Crippen LogP contribution in [0.2, 0.25) is 0 Å². The van der Waals surface area contributed by atoms with E-state index >= 15 is 0 Å². The molecule has 2 aromatic carbocycles. The summed E-state index contributed by atoms with van der Waals surface area (Å²) < 4.78 is 13.9. The highest BCUT2D eigenvalue weighted by Crippen LogP contribution is 2.19. The number of nitrogens with one attached hydrogen (secondary N) is 2.